The second-order valence-electron chi connectivity index (χ2n) is 4.48. The number of nitrogens with one attached hydrogen (secondary N) is 1. The van der Waals surface area contributed by atoms with E-state index in [1.54, 1.807) is 31.4 Å². The molecule has 1 aromatic carbocycles. The summed E-state index contributed by atoms with van der Waals surface area (Å²) in [5.41, 5.74) is 0.433. The van der Waals surface area contributed by atoms with Crippen molar-refractivity contribution in [3.63, 3.8) is 0 Å². The number of carboxylic acid groups (broad SMARTS) is 1. The van der Waals surface area contributed by atoms with Crippen molar-refractivity contribution in [3.8, 4) is 5.75 Å². The molecule has 0 aliphatic carbocycles. The molecule has 1 heterocycles. The Morgan fingerprint density at radius 2 is 2.17 bits per heavy atom. The van der Waals surface area contributed by atoms with Gasteiger partial charge in [-0.2, -0.15) is 0 Å². The lowest BCUT2D eigenvalue weighted by Gasteiger charge is -2.07. The number of methoxy groups -OCH3 is 1. The van der Waals surface area contributed by atoms with Crippen LogP contribution >= 0.6 is 11.3 Å². The number of amides is 1. The fraction of sp³-hybridized carbons (Fsp3) is 0.267. The summed E-state index contributed by atoms with van der Waals surface area (Å²) in [6, 6.07) is 6.79. The van der Waals surface area contributed by atoms with Crippen LogP contribution in [0.15, 0.2) is 29.6 Å². The Hall–Kier alpha value is -2.45. The Bertz CT molecular complexity index is 686. The summed E-state index contributed by atoms with van der Waals surface area (Å²) in [7, 11) is 1.58. The van der Waals surface area contributed by atoms with Gasteiger partial charge in [0.05, 0.1) is 13.2 Å². The van der Waals surface area contributed by atoms with E-state index in [2.05, 4.69) is 10.3 Å². The molecule has 1 amide bonds. The molecule has 0 spiro atoms. The van der Waals surface area contributed by atoms with Crippen LogP contribution in [0.4, 0.5) is 0 Å². The molecule has 0 saturated heterocycles. The smallest absolute Gasteiger partial charge is 0.355 e. The normalized spacial score (nSPS) is 10.3. The van der Waals surface area contributed by atoms with Gasteiger partial charge in [-0.05, 0) is 18.2 Å². The molecule has 0 saturated carbocycles. The van der Waals surface area contributed by atoms with E-state index >= 15 is 0 Å². The molecule has 122 valence electrons. The number of thiazole rings is 1. The van der Waals surface area contributed by atoms with Gasteiger partial charge in [-0.3, -0.25) is 4.79 Å². The highest BCUT2D eigenvalue weighted by molar-refractivity contribution is 7.09. The standard InChI is InChI=1S/C15H16N2O5S/c1-21-5-6-22-11-4-2-3-10(7-11)14(18)16-8-13-17-12(9-23-13)15(19)20/h2-4,7,9H,5-6,8H2,1H3,(H,16,18)(H,19,20). The highest BCUT2D eigenvalue weighted by Crippen LogP contribution is 2.14. The molecule has 0 radical (unpaired) electrons. The zero-order chi connectivity index (χ0) is 16.7. The van der Waals surface area contributed by atoms with Crippen LogP contribution in [0.5, 0.6) is 5.75 Å². The molecule has 1 aromatic heterocycles. The minimum Gasteiger partial charge on any atom is -0.491 e. The zero-order valence-corrected chi connectivity index (χ0v) is 13.3. The van der Waals surface area contributed by atoms with Gasteiger partial charge in [-0.15, -0.1) is 11.3 Å². The van der Waals surface area contributed by atoms with Gasteiger partial charge in [-0.1, -0.05) is 6.07 Å². The van der Waals surface area contributed by atoms with Crippen molar-refractivity contribution < 1.29 is 24.2 Å². The summed E-state index contributed by atoms with van der Waals surface area (Å²) in [4.78, 5) is 26.8. The third kappa shape index (κ3) is 5.04. The van der Waals surface area contributed by atoms with Crippen LogP contribution in [0, 0.1) is 0 Å². The predicted octanol–water partition coefficient (Wildman–Crippen LogP) is 1.80. The Morgan fingerprint density at radius 1 is 1.35 bits per heavy atom. The lowest BCUT2D eigenvalue weighted by molar-refractivity contribution is 0.0691. The first kappa shape index (κ1) is 16.9. The van der Waals surface area contributed by atoms with Crippen LogP contribution in [0.3, 0.4) is 0 Å². The van der Waals surface area contributed by atoms with Gasteiger partial charge in [0.25, 0.3) is 5.91 Å². The number of ether oxygens (including phenoxy) is 2. The molecular formula is C15H16N2O5S. The number of aromatic nitrogens is 1. The number of hydrogen-bond acceptors (Lipinski definition) is 6. The van der Waals surface area contributed by atoms with Crippen LogP contribution in [0.25, 0.3) is 0 Å². The van der Waals surface area contributed by atoms with Gasteiger partial charge in [0.2, 0.25) is 0 Å². The summed E-state index contributed by atoms with van der Waals surface area (Å²) in [6.45, 7) is 1.04. The Labute approximate surface area is 136 Å². The number of carbonyl (C=O) groups excluding carboxylic acids is 1. The van der Waals surface area contributed by atoms with Crippen molar-refractivity contribution in [3.05, 3.63) is 45.9 Å². The molecule has 0 atom stereocenters. The molecule has 2 aromatic rings. The molecule has 2 N–H and O–H groups in total. The lowest BCUT2D eigenvalue weighted by Crippen LogP contribution is -2.22. The summed E-state index contributed by atoms with van der Waals surface area (Å²) < 4.78 is 10.3. The van der Waals surface area contributed by atoms with E-state index in [1.165, 1.54) is 16.7 Å². The van der Waals surface area contributed by atoms with E-state index < -0.39 is 5.97 Å². The average Bonchev–Trinajstić information content (AvgIpc) is 3.02. The first-order valence-electron chi connectivity index (χ1n) is 6.78. The molecule has 2 rings (SSSR count). The van der Waals surface area contributed by atoms with E-state index in [0.717, 1.165) is 0 Å². The summed E-state index contributed by atoms with van der Waals surface area (Å²) in [5.74, 6) is -0.786. The van der Waals surface area contributed by atoms with Gasteiger partial charge in [-0.25, -0.2) is 9.78 Å². The van der Waals surface area contributed by atoms with Gasteiger partial charge >= 0.3 is 5.97 Å². The first-order valence-corrected chi connectivity index (χ1v) is 7.66. The number of aromatic carboxylic acids is 1. The highest BCUT2D eigenvalue weighted by Gasteiger charge is 2.11. The van der Waals surface area contributed by atoms with Gasteiger partial charge in [0, 0.05) is 18.1 Å². The van der Waals surface area contributed by atoms with Gasteiger partial charge < -0.3 is 19.9 Å². The first-order chi connectivity index (χ1) is 11.1. The van der Waals surface area contributed by atoms with Crippen molar-refractivity contribution >= 4 is 23.2 Å². The second-order valence-corrected chi connectivity index (χ2v) is 5.43. The highest BCUT2D eigenvalue weighted by atomic mass is 32.1. The third-order valence-corrected chi connectivity index (χ3v) is 3.67. The van der Waals surface area contributed by atoms with Crippen LogP contribution in [0.2, 0.25) is 0 Å². The fourth-order valence-corrected chi connectivity index (χ4v) is 2.43. The quantitative estimate of drug-likeness (QED) is 0.713. The second kappa shape index (κ2) is 8.25. The van der Waals surface area contributed by atoms with Crippen molar-refractivity contribution in [2.24, 2.45) is 0 Å². The largest absolute Gasteiger partial charge is 0.491 e. The van der Waals surface area contributed by atoms with E-state index in [9.17, 15) is 9.59 Å². The fourth-order valence-electron chi connectivity index (χ4n) is 1.72. The maximum absolute atomic E-state index is 12.1. The monoisotopic (exact) mass is 336 g/mol. The number of hydrogen-bond donors (Lipinski definition) is 2. The van der Waals surface area contributed by atoms with Crippen LogP contribution < -0.4 is 10.1 Å². The molecule has 23 heavy (non-hydrogen) atoms. The third-order valence-electron chi connectivity index (χ3n) is 2.82. The minimum absolute atomic E-state index is 0.0206. The van der Waals surface area contributed by atoms with Crippen molar-refractivity contribution in [2.75, 3.05) is 20.3 Å². The number of rotatable bonds is 8. The Kier molecular flexibility index (Phi) is 6.07. The average molecular weight is 336 g/mol. The maximum atomic E-state index is 12.1. The van der Waals surface area contributed by atoms with Crippen molar-refractivity contribution in [2.45, 2.75) is 6.54 Å². The van der Waals surface area contributed by atoms with Gasteiger partial charge in [0.15, 0.2) is 5.69 Å². The van der Waals surface area contributed by atoms with Crippen molar-refractivity contribution in [1.82, 2.24) is 10.3 Å². The summed E-state index contributed by atoms with van der Waals surface area (Å²) in [5, 5.41) is 13.5. The number of benzene rings is 1. The SMILES string of the molecule is COCCOc1cccc(C(=O)NCc2nc(C(=O)O)cs2)c1. The molecule has 7 nitrogen and oxygen atoms in total. The zero-order valence-electron chi connectivity index (χ0n) is 12.4. The maximum Gasteiger partial charge on any atom is 0.355 e. The van der Waals surface area contributed by atoms with E-state index in [0.29, 0.717) is 29.5 Å². The minimum atomic E-state index is -1.08. The molecule has 0 aliphatic heterocycles. The van der Waals surface area contributed by atoms with E-state index in [4.69, 9.17) is 14.6 Å². The molecule has 0 fully saturated rings. The summed E-state index contributed by atoms with van der Waals surface area (Å²) >= 11 is 1.19. The Morgan fingerprint density at radius 3 is 2.87 bits per heavy atom. The van der Waals surface area contributed by atoms with E-state index in [1.807, 2.05) is 0 Å². The molecule has 0 aliphatic rings. The Balaban J connectivity index is 1.91. The molecule has 0 unspecified atom stereocenters. The number of nitrogens with zero attached hydrogens (tertiary/aromatic N) is 1. The lowest BCUT2D eigenvalue weighted by atomic mass is 10.2. The summed E-state index contributed by atoms with van der Waals surface area (Å²) in [6.07, 6.45) is 0. The molecular weight excluding hydrogens is 320 g/mol. The van der Waals surface area contributed by atoms with Crippen LogP contribution in [0.1, 0.15) is 25.9 Å². The molecule has 8 heteroatoms. The predicted molar refractivity (Wildman–Crippen MR) is 84.1 cm³/mol. The van der Waals surface area contributed by atoms with Crippen molar-refractivity contribution in [1.29, 1.82) is 0 Å². The topological polar surface area (TPSA) is 97.8 Å². The van der Waals surface area contributed by atoms with E-state index in [-0.39, 0.29) is 18.1 Å². The van der Waals surface area contributed by atoms with Gasteiger partial charge in [0.1, 0.15) is 17.4 Å². The van der Waals surface area contributed by atoms with Crippen LogP contribution in [-0.2, 0) is 11.3 Å². The molecule has 0 bridgehead atoms. The number of carboxylic acids is 1. The number of carbonyl (C=O) groups is 2. The van der Waals surface area contributed by atoms with Crippen LogP contribution in [-0.4, -0.2) is 42.3 Å².